The molecule has 0 aromatic carbocycles. The highest BCUT2D eigenvalue weighted by Crippen LogP contribution is 2.29. The first kappa shape index (κ1) is 21.7. The fourth-order valence-corrected chi connectivity index (χ4v) is 2.47. The Morgan fingerprint density at radius 3 is 2.39 bits per heavy atom. The van der Waals surface area contributed by atoms with E-state index in [-0.39, 0.29) is 22.6 Å². The van der Waals surface area contributed by atoms with Crippen molar-refractivity contribution < 1.29 is 22.7 Å². The Bertz CT molecular complexity index is 913. The van der Waals surface area contributed by atoms with E-state index in [1.807, 2.05) is 0 Å². The van der Waals surface area contributed by atoms with Crippen molar-refractivity contribution in [2.24, 2.45) is 0 Å². The van der Waals surface area contributed by atoms with Crippen LogP contribution in [0.15, 0.2) is 29.3 Å². The molecule has 0 saturated carbocycles. The quantitative estimate of drug-likeness (QED) is 0.694. The summed E-state index contributed by atoms with van der Waals surface area (Å²) in [6.45, 7) is 4.98. The monoisotopic (exact) mass is 418 g/mol. The fourth-order valence-electron chi connectivity index (χ4n) is 2.21. The molecule has 7 nitrogen and oxygen atoms in total. The van der Waals surface area contributed by atoms with Gasteiger partial charge in [-0.2, -0.15) is 23.0 Å². The maximum atomic E-state index is 12.6. The number of aromatic nitrogens is 3. The minimum absolute atomic E-state index is 0.124. The normalized spacial score (nSPS) is 12.8. The molecule has 0 aliphatic carbocycles. The lowest BCUT2D eigenvalue weighted by Crippen LogP contribution is -2.39. The zero-order valence-electron chi connectivity index (χ0n) is 15.5. The van der Waals surface area contributed by atoms with Crippen LogP contribution in [0.25, 0.3) is 5.82 Å². The molecule has 0 aliphatic heterocycles. The van der Waals surface area contributed by atoms with E-state index < -0.39 is 29.3 Å². The largest absolute Gasteiger partial charge is 0.461 e. The summed E-state index contributed by atoms with van der Waals surface area (Å²) in [7, 11) is 1.54. The Morgan fingerprint density at radius 1 is 1.25 bits per heavy atom. The number of pyridine rings is 1. The Balaban J connectivity index is 2.35. The first-order chi connectivity index (χ1) is 12.9. The van der Waals surface area contributed by atoms with Gasteiger partial charge >= 0.3 is 12.1 Å². The third-order valence-electron chi connectivity index (χ3n) is 3.85. The number of ether oxygens (including phenoxy) is 1. The third kappa shape index (κ3) is 4.61. The number of halogens is 4. The van der Waals surface area contributed by atoms with Gasteiger partial charge in [0.05, 0.1) is 23.6 Å². The summed E-state index contributed by atoms with van der Waals surface area (Å²) in [5.74, 6) is -0.636. The van der Waals surface area contributed by atoms with E-state index in [4.69, 9.17) is 16.3 Å². The molecule has 2 heterocycles. The van der Waals surface area contributed by atoms with Crippen molar-refractivity contribution >= 4 is 23.3 Å². The van der Waals surface area contributed by atoms with Gasteiger partial charge in [-0.25, -0.2) is 9.78 Å². The predicted octanol–water partition coefficient (Wildman–Crippen LogP) is 3.08. The average molecular weight is 419 g/mol. The molecule has 0 unspecified atom stereocenters. The lowest BCUT2D eigenvalue weighted by Gasteiger charge is -2.26. The van der Waals surface area contributed by atoms with Gasteiger partial charge in [-0.3, -0.25) is 4.79 Å². The van der Waals surface area contributed by atoms with E-state index in [2.05, 4.69) is 10.1 Å². The maximum absolute atomic E-state index is 12.6. The van der Waals surface area contributed by atoms with E-state index in [0.717, 1.165) is 16.8 Å². The van der Waals surface area contributed by atoms with Gasteiger partial charge in [0.25, 0.3) is 5.56 Å². The number of carbonyl (C=O) groups is 1. The molecule has 152 valence electrons. The van der Waals surface area contributed by atoms with Gasteiger partial charge in [0.15, 0.2) is 5.82 Å². The number of carbonyl (C=O) groups excluding carboxylic acids is 1. The van der Waals surface area contributed by atoms with Crippen LogP contribution in [0.4, 0.5) is 18.9 Å². The number of hydrogen-bond donors (Lipinski definition) is 0. The standard InChI is InChI=1S/C17H18ClF3N4O3/c1-9(2)28-16(27)10(3)24(4)12-8-23-25(15(26)14(12)18)13-6-5-11(7-22-13)17(19,20)21/h5-10H,1-4H3/t10-/m0/s1. The van der Waals surface area contributed by atoms with Crippen LogP contribution in [0.5, 0.6) is 0 Å². The highest BCUT2D eigenvalue weighted by Gasteiger charge is 2.31. The molecule has 28 heavy (non-hydrogen) atoms. The van der Waals surface area contributed by atoms with E-state index in [9.17, 15) is 22.8 Å². The van der Waals surface area contributed by atoms with Crippen LogP contribution >= 0.6 is 11.6 Å². The van der Waals surface area contributed by atoms with Gasteiger partial charge in [0, 0.05) is 13.2 Å². The summed E-state index contributed by atoms with van der Waals surface area (Å²) in [5.41, 5.74) is -1.57. The minimum Gasteiger partial charge on any atom is -0.461 e. The summed E-state index contributed by atoms with van der Waals surface area (Å²) in [4.78, 5) is 29.6. The van der Waals surface area contributed by atoms with E-state index in [0.29, 0.717) is 6.20 Å². The second-order valence-electron chi connectivity index (χ2n) is 6.24. The van der Waals surface area contributed by atoms with Crippen molar-refractivity contribution in [3.63, 3.8) is 0 Å². The van der Waals surface area contributed by atoms with Crippen molar-refractivity contribution in [1.82, 2.24) is 14.8 Å². The summed E-state index contributed by atoms with van der Waals surface area (Å²) in [5, 5.41) is 3.65. The number of alkyl halides is 3. The molecule has 2 aromatic heterocycles. The summed E-state index contributed by atoms with van der Waals surface area (Å²) in [6.07, 6.45) is -3.03. The predicted molar refractivity (Wildman–Crippen MR) is 96.7 cm³/mol. The van der Waals surface area contributed by atoms with Crippen molar-refractivity contribution in [2.75, 3.05) is 11.9 Å². The molecular weight excluding hydrogens is 401 g/mol. The van der Waals surface area contributed by atoms with Crippen LogP contribution < -0.4 is 10.5 Å². The highest BCUT2D eigenvalue weighted by molar-refractivity contribution is 6.33. The smallest absolute Gasteiger partial charge is 0.417 e. The van der Waals surface area contributed by atoms with Gasteiger partial charge in [-0.15, -0.1) is 0 Å². The van der Waals surface area contributed by atoms with E-state index in [1.165, 1.54) is 18.1 Å². The topological polar surface area (TPSA) is 77.3 Å². The zero-order chi connectivity index (χ0) is 21.2. The Morgan fingerprint density at radius 2 is 1.89 bits per heavy atom. The average Bonchev–Trinajstić information content (AvgIpc) is 2.61. The Kier molecular flexibility index (Phi) is 6.33. The molecule has 0 N–H and O–H groups in total. The molecule has 0 radical (unpaired) electrons. The van der Waals surface area contributed by atoms with Crippen molar-refractivity contribution in [3.8, 4) is 5.82 Å². The Hall–Kier alpha value is -2.62. The lowest BCUT2D eigenvalue weighted by molar-refractivity contribution is -0.148. The van der Waals surface area contributed by atoms with Crippen molar-refractivity contribution in [2.45, 2.75) is 39.1 Å². The molecule has 11 heteroatoms. The number of anilines is 1. The molecule has 0 saturated heterocycles. The molecule has 2 rings (SSSR count). The van der Waals surface area contributed by atoms with E-state index >= 15 is 0 Å². The van der Waals surface area contributed by atoms with Crippen LogP contribution in [0.1, 0.15) is 26.3 Å². The molecule has 1 atom stereocenters. The van der Waals surface area contributed by atoms with Gasteiger partial charge in [-0.1, -0.05) is 11.6 Å². The number of esters is 1. The second-order valence-corrected chi connectivity index (χ2v) is 6.61. The summed E-state index contributed by atoms with van der Waals surface area (Å²) < 4.78 is 43.8. The van der Waals surface area contributed by atoms with Gasteiger partial charge in [0.1, 0.15) is 11.1 Å². The molecule has 0 bridgehead atoms. The Labute approximate surface area is 163 Å². The summed E-state index contributed by atoms with van der Waals surface area (Å²) in [6, 6.07) is 1.05. The van der Waals surface area contributed by atoms with E-state index in [1.54, 1.807) is 20.8 Å². The molecule has 0 aliphatic rings. The van der Waals surface area contributed by atoms with Crippen LogP contribution in [0, 0.1) is 0 Å². The minimum atomic E-state index is -4.55. The highest BCUT2D eigenvalue weighted by atomic mass is 35.5. The van der Waals surface area contributed by atoms with Crippen LogP contribution in [-0.2, 0) is 15.7 Å². The first-order valence-electron chi connectivity index (χ1n) is 8.18. The SMILES string of the molecule is CC(C)OC(=O)[C@H](C)N(C)c1cnn(-c2ccc(C(F)(F)F)cn2)c(=O)c1Cl. The summed E-state index contributed by atoms with van der Waals surface area (Å²) >= 11 is 6.13. The second kappa shape index (κ2) is 8.17. The van der Waals surface area contributed by atoms with Crippen LogP contribution in [-0.4, -0.2) is 39.9 Å². The van der Waals surface area contributed by atoms with Crippen LogP contribution in [0.2, 0.25) is 5.02 Å². The van der Waals surface area contributed by atoms with Gasteiger partial charge in [0.2, 0.25) is 0 Å². The number of nitrogens with zero attached hydrogens (tertiary/aromatic N) is 4. The number of likely N-dealkylation sites (N-methyl/N-ethyl adjacent to an activating group) is 1. The van der Waals surface area contributed by atoms with Gasteiger partial charge in [-0.05, 0) is 32.9 Å². The molecule has 2 aromatic rings. The van der Waals surface area contributed by atoms with Crippen molar-refractivity contribution in [3.05, 3.63) is 45.5 Å². The third-order valence-corrected chi connectivity index (χ3v) is 4.20. The molecule has 0 fully saturated rings. The van der Waals surface area contributed by atoms with Crippen molar-refractivity contribution in [1.29, 1.82) is 0 Å². The zero-order valence-corrected chi connectivity index (χ0v) is 16.2. The maximum Gasteiger partial charge on any atom is 0.417 e. The van der Waals surface area contributed by atoms with Crippen LogP contribution in [0.3, 0.4) is 0 Å². The molecule has 0 spiro atoms. The fraction of sp³-hybridized carbons (Fsp3) is 0.412. The van der Waals surface area contributed by atoms with Gasteiger partial charge < -0.3 is 9.64 Å². The number of hydrogen-bond acceptors (Lipinski definition) is 6. The first-order valence-corrected chi connectivity index (χ1v) is 8.56. The molecular formula is C17H18ClF3N4O3. The number of rotatable bonds is 5. The lowest BCUT2D eigenvalue weighted by atomic mass is 10.2. The molecule has 0 amide bonds.